The second-order valence-electron chi connectivity index (χ2n) is 9.13. The van der Waals surface area contributed by atoms with E-state index >= 15 is 0 Å². The molecule has 1 aliphatic heterocycles. The topological polar surface area (TPSA) is 141 Å². The van der Waals surface area contributed by atoms with Crippen LogP contribution in [0.15, 0.2) is 41.0 Å². The van der Waals surface area contributed by atoms with Crippen LogP contribution in [-0.2, 0) is 20.4 Å². The predicted molar refractivity (Wildman–Crippen MR) is 134 cm³/mol. The number of rotatable bonds is 9. The summed E-state index contributed by atoms with van der Waals surface area (Å²) in [6.45, 7) is 3.11. The molecule has 196 valence electrons. The molecular formula is C25H29N5O6S. The van der Waals surface area contributed by atoms with E-state index < -0.39 is 26.4 Å². The second kappa shape index (κ2) is 10.3. The van der Waals surface area contributed by atoms with Gasteiger partial charge in [0.1, 0.15) is 28.5 Å². The van der Waals surface area contributed by atoms with E-state index in [0.717, 1.165) is 0 Å². The van der Waals surface area contributed by atoms with Gasteiger partial charge in [0.2, 0.25) is 11.7 Å². The van der Waals surface area contributed by atoms with Gasteiger partial charge < -0.3 is 18.8 Å². The third-order valence-electron chi connectivity index (χ3n) is 6.67. The number of furan rings is 1. The molecule has 3 aromatic rings. The van der Waals surface area contributed by atoms with Gasteiger partial charge in [0.25, 0.3) is 0 Å². The second-order valence-corrected chi connectivity index (χ2v) is 11.5. The third-order valence-corrected chi connectivity index (χ3v) is 8.71. The van der Waals surface area contributed by atoms with Crippen LogP contribution in [0.5, 0.6) is 11.5 Å². The van der Waals surface area contributed by atoms with Gasteiger partial charge in [-0.05, 0) is 51.0 Å². The minimum absolute atomic E-state index is 0.0949. The van der Waals surface area contributed by atoms with Crippen LogP contribution >= 0.6 is 0 Å². The molecule has 0 radical (unpaired) electrons. The van der Waals surface area contributed by atoms with Crippen LogP contribution in [-0.4, -0.2) is 65.5 Å². The zero-order valence-corrected chi connectivity index (χ0v) is 22.0. The summed E-state index contributed by atoms with van der Waals surface area (Å²) in [4.78, 5) is 14.0. The zero-order valence-electron chi connectivity index (χ0n) is 21.2. The molecule has 0 N–H and O–H groups in total. The SMILES string of the molecule is COc1cccc(OC)c1-n1c(CS(=O)(=O)[C@H](C)CN2C(=O)CCC[C@@]2(C)C#N)nnc1-c1ccco1. The first-order valence-electron chi connectivity index (χ1n) is 11.8. The maximum absolute atomic E-state index is 13.6. The fourth-order valence-electron chi connectivity index (χ4n) is 4.50. The van der Waals surface area contributed by atoms with E-state index in [1.807, 2.05) is 0 Å². The van der Waals surface area contributed by atoms with Crippen molar-refractivity contribution in [2.45, 2.75) is 49.7 Å². The highest BCUT2D eigenvalue weighted by molar-refractivity contribution is 7.91. The molecule has 0 bridgehead atoms. The monoisotopic (exact) mass is 527 g/mol. The first-order valence-corrected chi connectivity index (χ1v) is 13.5. The lowest BCUT2D eigenvalue weighted by Crippen LogP contribution is -2.54. The lowest BCUT2D eigenvalue weighted by atomic mass is 9.89. The molecule has 0 spiro atoms. The van der Waals surface area contributed by atoms with E-state index in [0.29, 0.717) is 42.2 Å². The average Bonchev–Trinajstić information content (AvgIpc) is 3.55. The van der Waals surface area contributed by atoms with Gasteiger partial charge in [0.15, 0.2) is 21.4 Å². The number of hydrogen-bond donors (Lipinski definition) is 0. The third kappa shape index (κ3) is 4.91. The molecule has 1 aromatic carbocycles. The van der Waals surface area contributed by atoms with Crippen molar-refractivity contribution in [3.63, 3.8) is 0 Å². The number of hydrogen-bond acceptors (Lipinski definition) is 9. The van der Waals surface area contributed by atoms with Crippen LogP contribution in [0.4, 0.5) is 0 Å². The standard InChI is InChI=1S/C25H29N5O6S/c1-17(14-29-22(31)11-6-12-25(29,2)16-26)37(32,33)15-21-27-28-24(20-10-7-13-36-20)30(21)23-18(34-3)8-5-9-19(23)35-4/h5,7-10,13,17H,6,11-12,14-15H2,1-4H3/t17-,25+/m1/s1. The van der Waals surface area contributed by atoms with Crippen LogP contribution in [0.3, 0.4) is 0 Å². The number of para-hydroxylation sites is 1. The highest BCUT2D eigenvalue weighted by Gasteiger charge is 2.41. The Kier molecular flexibility index (Phi) is 7.27. The van der Waals surface area contributed by atoms with Crippen molar-refractivity contribution in [3.8, 4) is 34.8 Å². The number of benzene rings is 1. The van der Waals surface area contributed by atoms with Gasteiger partial charge in [-0.3, -0.25) is 9.36 Å². The minimum atomic E-state index is -3.86. The number of amides is 1. The zero-order chi connectivity index (χ0) is 26.8. The first kappa shape index (κ1) is 26.2. The van der Waals surface area contributed by atoms with Crippen LogP contribution in [0, 0.1) is 11.3 Å². The fourth-order valence-corrected chi connectivity index (χ4v) is 5.71. The maximum atomic E-state index is 13.6. The first-order chi connectivity index (χ1) is 17.6. The number of methoxy groups -OCH3 is 2. The van der Waals surface area contributed by atoms with Gasteiger partial charge in [0.05, 0.1) is 31.8 Å². The molecule has 1 saturated heterocycles. The summed E-state index contributed by atoms with van der Waals surface area (Å²) >= 11 is 0. The Morgan fingerprint density at radius 1 is 1.19 bits per heavy atom. The van der Waals surface area contributed by atoms with E-state index in [2.05, 4.69) is 16.3 Å². The van der Waals surface area contributed by atoms with E-state index in [9.17, 15) is 18.5 Å². The molecule has 1 fully saturated rings. The molecule has 3 heterocycles. The predicted octanol–water partition coefficient (Wildman–Crippen LogP) is 3.14. The number of sulfone groups is 1. The average molecular weight is 528 g/mol. The molecular weight excluding hydrogens is 498 g/mol. The molecule has 12 heteroatoms. The Bertz CT molecular complexity index is 1400. The van der Waals surface area contributed by atoms with E-state index in [1.165, 1.54) is 32.3 Å². The summed E-state index contributed by atoms with van der Waals surface area (Å²) in [5.41, 5.74) is -0.624. The number of carbonyl (C=O) groups excluding carboxylic acids is 1. The number of nitriles is 1. The number of carbonyl (C=O) groups is 1. The smallest absolute Gasteiger partial charge is 0.223 e. The van der Waals surface area contributed by atoms with Crippen LogP contribution in [0.25, 0.3) is 17.3 Å². The van der Waals surface area contributed by atoms with Gasteiger partial charge in [-0.25, -0.2) is 8.42 Å². The minimum Gasteiger partial charge on any atom is -0.494 e. The number of piperidine rings is 1. The van der Waals surface area contributed by atoms with Crippen LogP contribution in [0.2, 0.25) is 0 Å². The van der Waals surface area contributed by atoms with Crippen molar-refractivity contribution in [2.75, 3.05) is 20.8 Å². The molecule has 37 heavy (non-hydrogen) atoms. The van der Waals surface area contributed by atoms with Crippen molar-refractivity contribution in [2.24, 2.45) is 0 Å². The summed E-state index contributed by atoms with van der Waals surface area (Å²) in [5.74, 6) is 0.905. The summed E-state index contributed by atoms with van der Waals surface area (Å²) in [6, 6.07) is 10.7. The summed E-state index contributed by atoms with van der Waals surface area (Å²) in [7, 11) is -0.867. The lowest BCUT2D eigenvalue weighted by molar-refractivity contribution is -0.138. The van der Waals surface area contributed by atoms with Crippen LogP contribution in [0.1, 0.15) is 38.9 Å². The highest BCUT2D eigenvalue weighted by atomic mass is 32.2. The Balaban J connectivity index is 1.75. The van der Waals surface area contributed by atoms with Crippen molar-refractivity contribution in [1.29, 1.82) is 5.26 Å². The Morgan fingerprint density at radius 3 is 2.49 bits per heavy atom. The summed E-state index contributed by atoms with van der Waals surface area (Å²) in [5, 5.41) is 17.2. The number of ether oxygens (including phenoxy) is 2. The van der Waals surface area contributed by atoms with Crippen molar-refractivity contribution in [1.82, 2.24) is 19.7 Å². The van der Waals surface area contributed by atoms with Gasteiger partial charge in [-0.2, -0.15) is 5.26 Å². The molecule has 0 aliphatic carbocycles. The van der Waals surface area contributed by atoms with E-state index in [1.54, 1.807) is 41.8 Å². The van der Waals surface area contributed by atoms with Gasteiger partial charge in [-0.15, -0.1) is 10.2 Å². The molecule has 11 nitrogen and oxygen atoms in total. The molecule has 1 aliphatic rings. The molecule has 1 amide bonds. The van der Waals surface area contributed by atoms with Gasteiger partial charge in [0, 0.05) is 13.0 Å². The van der Waals surface area contributed by atoms with Crippen molar-refractivity contribution in [3.05, 3.63) is 42.4 Å². The molecule has 4 rings (SSSR count). The van der Waals surface area contributed by atoms with E-state index in [4.69, 9.17) is 13.9 Å². The molecule has 0 saturated carbocycles. The quantitative estimate of drug-likeness (QED) is 0.410. The fraction of sp³-hybridized carbons (Fsp3) is 0.440. The largest absolute Gasteiger partial charge is 0.494 e. The summed E-state index contributed by atoms with van der Waals surface area (Å²) in [6.07, 6.45) is 2.86. The molecule has 2 aromatic heterocycles. The number of likely N-dealkylation sites (tertiary alicyclic amines) is 1. The lowest BCUT2D eigenvalue weighted by Gasteiger charge is -2.41. The number of aromatic nitrogens is 3. The molecule has 0 unspecified atom stereocenters. The normalized spacial score (nSPS) is 18.9. The molecule has 2 atom stereocenters. The summed E-state index contributed by atoms with van der Waals surface area (Å²) < 4.78 is 45.4. The Hall–Kier alpha value is -3.85. The van der Waals surface area contributed by atoms with Crippen LogP contribution < -0.4 is 9.47 Å². The highest BCUT2D eigenvalue weighted by Crippen LogP contribution is 2.37. The maximum Gasteiger partial charge on any atom is 0.223 e. The van der Waals surface area contributed by atoms with E-state index in [-0.39, 0.29) is 24.1 Å². The number of nitrogens with zero attached hydrogens (tertiary/aromatic N) is 5. The van der Waals surface area contributed by atoms with Gasteiger partial charge in [-0.1, -0.05) is 6.07 Å². The van der Waals surface area contributed by atoms with Gasteiger partial charge >= 0.3 is 0 Å². The Morgan fingerprint density at radius 2 is 1.89 bits per heavy atom. The Labute approximate surface area is 215 Å². The van der Waals surface area contributed by atoms with Crippen molar-refractivity contribution >= 4 is 15.7 Å². The van der Waals surface area contributed by atoms with Crippen molar-refractivity contribution < 1.29 is 27.1 Å².